The van der Waals surface area contributed by atoms with Gasteiger partial charge in [-0.1, -0.05) is 43.7 Å². The van der Waals surface area contributed by atoms with Crippen LogP contribution in [0.1, 0.15) is 25.3 Å². The Hall–Kier alpha value is -2.55. The maximum Gasteiger partial charge on any atom is 0.328 e. The van der Waals surface area contributed by atoms with Gasteiger partial charge in [-0.3, -0.25) is 0 Å². The minimum absolute atomic E-state index is 0.733. The highest BCUT2D eigenvalue weighted by atomic mass is 16.5. The Morgan fingerprint density at radius 1 is 1.05 bits per heavy atom. The Kier molecular flexibility index (Phi) is 5.16. The molecule has 3 nitrogen and oxygen atoms in total. The van der Waals surface area contributed by atoms with Crippen molar-refractivity contribution in [1.29, 1.82) is 0 Å². The van der Waals surface area contributed by atoms with Crippen molar-refractivity contribution in [2.75, 3.05) is 0 Å². The number of benzene rings is 2. The lowest BCUT2D eigenvalue weighted by Crippen LogP contribution is -1.93. The summed E-state index contributed by atoms with van der Waals surface area (Å²) in [6.07, 6.45) is 2.92. The summed E-state index contributed by atoms with van der Waals surface area (Å²) >= 11 is 0. The first-order valence-electron chi connectivity index (χ1n) is 6.96. The summed E-state index contributed by atoms with van der Waals surface area (Å²) < 4.78 is 5.72. The predicted molar refractivity (Wildman–Crippen MR) is 83.5 cm³/mol. The van der Waals surface area contributed by atoms with E-state index in [0.717, 1.165) is 35.5 Å². The molecule has 108 valence electrons. The van der Waals surface area contributed by atoms with Crippen molar-refractivity contribution >= 4 is 11.5 Å². The molecule has 2 aromatic carbocycles. The minimum Gasteiger partial charge on any atom is -0.478 e. The van der Waals surface area contributed by atoms with E-state index in [0.29, 0.717) is 0 Å². The van der Waals surface area contributed by atoms with E-state index >= 15 is 0 Å². The second-order valence-electron chi connectivity index (χ2n) is 4.70. The van der Waals surface area contributed by atoms with Crippen molar-refractivity contribution in [3.05, 3.63) is 66.2 Å². The standard InChI is InChI=1S/C18H18O3/c1-2-6-15(13-18(19)20)14-9-11-17(12-10-14)21-16-7-4-3-5-8-16/h3-5,7-13H,2,6H2,1H3,(H,19,20)/b15-13+. The van der Waals surface area contributed by atoms with Crippen molar-refractivity contribution in [1.82, 2.24) is 0 Å². The van der Waals surface area contributed by atoms with Gasteiger partial charge in [-0.25, -0.2) is 4.79 Å². The Bertz CT molecular complexity index is 613. The molecule has 1 N–H and O–H groups in total. The third kappa shape index (κ3) is 4.49. The lowest BCUT2D eigenvalue weighted by Gasteiger charge is -2.08. The quantitative estimate of drug-likeness (QED) is 0.778. The van der Waals surface area contributed by atoms with Crippen LogP contribution in [0, 0.1) is 0 Å². The van der Waals surface area contributed by atoms with Gasteiger partial charge in [0.25, 0.3) is 0 Å². The molecule has 0 saturated heterocycles. The smallest absolute Gasteiger partial charge is 0.328 e. The number of ether oxygens (including phenoxy) is 1. The average Bonchev–Trinajstić information content (AvgIpc) is 2.48. The fourth-order valence-corrected chi connectivity index (χ4v) is 2.08. The van der Waals surface area contributed by atoms with Crippen LogP contribution in [0.4, 0.5) is 0 Å². The van der Waals surface area contributed by atoms with Crippen LogP contribution in [0.5, 0.6) is 11.5 Å². The molecule has 0 amide bonds. The predicted octanol–water partition coefficient (Wildman–Crippen LogP) is 4.75. The lowest BCUT2D eigenvalue weighted by molar-refractivity contribution is -0.131. The van der Waals surface area contributed by atoms with Crippen LogP contribution in [-0.2, 0) is 4.79 Å². The number of carbonyl (C=O) groups is 1. The van der Waals surface area contributed by atoms with E-state index in [9.17, 15) is 4.79 Å². The zero-order chi connectivity index (χ0) is 15.1. The van der Waals surface area contributed by atoms with Gasteiger partial charge in [0.05, 0.1) is 0 Å². The van der Waals surface area contributed by atoms with Gasteiger partial charge in [0, 0.05) is 6.08 Å². The summed E-state index contributed by atoms with van der Waals surface area (Å²) in [7, 11) is 0. The fraction of sp³-hybridized carbons (Fsp3) is 0.167. The molecular formula is C18H18O3. The van der Waals surface area contributed by atoms with E-state index < -0.39 is 5.97 Å². The Morgan fingerprint density at radius 3 is 2.24 bits per heavy atom. The van der Waals surface area contributed by atoms with Crippen LogP contribution in [0.2, 0.25) is 0 Å². The third-order valence-electron chi connectivity index (χ3n) is 3.02. The molecule has 0 saturated carbocycles. The Balaban J connectivity index is 2.16. The molecule has 0 atom stereocenters. The normalized spacial score (nSPS) is 11.2. The number of hydrogen-bond acceptors (Lipinski definition) is 2. The molecule has 2 rings (SSSR count). The van der Waals surface area contributed by atoms with Gasteiger partial charge in [0.2, 0.25) is 0 Å². The summed E-state index contributed by atoms with van der Waals surface area (Å²) in [4.78, 5) is 10.9. The van der Waals surface area contributed by atoms with Gasteiger partial charge < -0.3 is 9.84 Å². The molecule has 21 heavy (non-hydrogen) atoms. The minimum atomic E-state index is -0.914. The molecule has 0 fully saturated rings. The van der Waals surface area contributed by atoms with Crippen LogP contribution in [-0.4, -0.2) is 11.1 Å². The average molecular weight is 282 g/mol. The molecule has 0 aromatic heterocycles. The fourth-order valence-electron chi connectivity index (χ4n) is 2.08. The summed E-state index contributed by atoms with van der Waals surface area (Å²) in [5.74, 6) is 0.597. The first-order valence-corrected chi connectivity index (χ1v) is 6.96. The van der Waals surface area contributed by atoms with Crippen molar-refractivity contribution in [3.63, 3.8) is 0 Å². The first-order chi connectivity index (χ1) is 10.2. The zero-order valence-electron chi connectivity index (χ0n) is 12.0. The lowest BCUT2D eigenvalue weighted by atomic mass is 10.0. The maximum absolute atomic E-state index is 10.9. The Labute approximate surface area is 124 Å². The topological polar surface area (TPSA) is 46.5 Å². The number of rotatable bonds is 6. The Morgan fingerprint density at radius 2 is 1.67 bits per heavy atom. The van der Waals surface area contributed by atoms with Crippen LogP contribution < -0.4 is 4.74 Å². The zero-order valence-corrected chi connectivity index (χ0v) is 12.0. The number of hydrogen-bond donors (Lipinski definition) is 1. The van der Waals surface area contributed by atoms with E-state index in [1.54, 1.807) is 0 Å². The molecule has 0 aliphatic heterocycles. The third-order valence-corrected chi connectivity index (χ3v) is 3.02. The molecule has 0 aliphatic carbocycles. The van der Waals surface area contributed by atoms with Gasteiger partial charge in [0.1, 0.15) is 11.5 Å². The number of carboxylic acids is 1. The highest BCUT2D eigenvalue weighted by molar-refractivity contribution is 5.90. The molecule has 2 aromatic rings. The van der Waals surface area contributed by atoms with E-state index in [1.807, 2.05) is 61.5 Å². The molecule has 0 spiro atoms. The highest BCUT2D eigenvalue weighted by Gasteiger charge is 2.04. The molecule has 3 heteroatoms. The second-order valence-corrected chi connectivity index (χ2v) is 4.70. The van der Waals surface area contributed by atoms with Crippen molar-refractivity contribution in [2.45, 2.75) is 19.8 Å². The second kappa shape index (κ2) is 7.29. The summed E-state index contributed by atoms with van der Waals surface area (Å²) in [5.41, 5.74) is 1.75. The molecular weight excluding hydrogens is 264 g/mol. The van der Waals surface area contributed by atoms with Gasteiger partial charge in [-0.2, -0.15) is 0 Å². The summed E-state index contributed by atoms with van der Waals surface area (Å²) in [6.45, 7) is 2.03. The summed E-state index contributed by atoms with van der Waals surface area (Å²) in [6, 6.07) is 17.0. The van der Waals surface area contributed by atoms with E-state index in [-0.39, 0.29) is 0 Å². The van der Waals surface area contributed by atoms with Gasteiger partial charge in [-0.05, 0) is 41.8 Å². The molecule has 0 bridgehead atoms. The van der Waals surface area contributed by atoms with Crippen LogP contribution in [0.25, 0.3) is 5.57 Å². The molecule has 0 radical (unpaired) electrons. The number of carboxylic acid groups (broad SMARTS) is 1. The SMILES string of the molecule is CCC/C(=C\C(=O)O)c1ccc(Oc2ccccc2)cc1. The van der Waals surface area contributed by atoms with Gasteiger partial charge in [-0.15, -0.1) is 0 Å². The largest absolute Gasteiger partial charge is 0.478 e. The van der Waals surface area contributed by atoms with Gasteiger partial charge in [0.15, 0.2) is 0 Å². The van der Waals surface area contributed by atoms with Crippen molar-refractivity contribution < 1.29 is 14.6 Å². The molecule has 0 aliphatic rings. The van der Waals surface area contributed by atoms with Crippen molar-refractivity contribution in [3.8, 4) is 11.5 Å². The molecule has 0 unspecified atom stereocenters. The van der Waals surface area contributed by atoms with E-state index in [1.165, 1.54) is 6.08 Å². The highest BCUT2D eigenvalue weighted by Crippen LogP contribution is 2.25. The molecule has 0 heterocycles. The first kappa shape index (κ1) is 14.9. The number of para-hydroxylation sites is 1. The van der Waals surface area contributed by atoms with Crippen LogP contribution in [0.15, 0.2) is 60.7 Å². The summed E-state index contributed by atoms with van der Waals surface area (Å²) in [5, 5.41) is 8.92. The number of allylic oxidation sites excluding steroid dienone is 1. The van der Waals surface area contributed by atoms with Crippen LogP contribution in [0.3, 0.4) is 0 Å². The number of aliphatic carboxylic acids is 1. The van der Waals surface area contributed by atoms with Gasteiger partial charge >= 0.3 is 5.97 Å². The van der Waals surface area contributed by atoms with E-state index in [4.69, 9.17) is 9.84 Å². The van der Waals surface area contributed by atoms with Crippen molar-refractivity contribution in [2.24, 2.45) is 0 Å². The maximum atomic E-state index is 10.9. The van der Waals surface area contributed by atoms with Crippen LogP contribution >= 0.6 is 0 Å². The monoisotopic (exact) mass is 282 g/mol. The van der Waals surface area contributed by atoms with E-state index in [2.05, 4.69) is 0 Å².